The second-order valence-electron chi connectivity index (χ2n) is 7.06. The molecule has 3 heterocycles. The SMILES string of the molecule is CCc1ccnc(Nc2cc(N)nn3cc(C4CCC(N)CC4)nc23)c1. The zero-order chi connectivity index (χ0) is 18.1. The van der Waals surface area contributed by atoms with Crippen molar-refractivity contribution in [2.24, 2.45) is 5.73 Å². The van der Waals surface area contributed by atoms with Gasteiger partial charge in [0.25, 0.3) is 0 Å². The van der Waals surface area contributed by atoms with E-state index in [-0.39, 0.29) is 0 Å². The Kier molecular flexibility index (Phi) is 4.46. The first-order valence-electron chi connectivity index (χ1n) is 9.25. The molecule has 0 radical (unpaired) electrons. The first kappa shape index (κ1) is 16.8. The molecule has 7 heteroatoms. The number of nitrogen functional groups attached to an aromatic ring is 1. The van der Waals surface area contributed by atoms with E-state index in [1.807, 2.05) is 30.6 Å². The second kappa shape index (κ2) is 6.92. The van der Waals surface area contributed by atoms with Crippen molar-refractivity contribution in [1.29, 1.82) is 0 Å². The number of imidazole rings is 1. The summed E-state index contributed by atoms with van der Waals surface area (Å²) >= 11 is 0. The van der Waals surface area contributed by atoms with E-state index < -0.39 is 0 Å². The van der Waals surface area contributed by atoms with Gasteiger partial charge in [0.2, 0.25) is 0 Å². The molecular formula is C19H25N7. The summed E-state index contributed by atoms with van der Waals surface area (Å²) in [5.41, 5.74) is 15.9. The smallest absolute Gasteiger partial charge is 0.177 e. The molecule has 3 aromatic heterocycles. The Hall–Kier alpha value is -2.67. The number of fused-ring (bicyclic) bond motifs is 1. The number of nitrogens with two attached hydrogens (primary N) is 2. The van der Waals surface area contributed by atoms with Crippen molar-refractivity contribution >= 4 is 23.0 Å². The Bertz CT molecular complexity index is 909. The molecular weight excluding hydrogens is 326 g/mol. The highest BCUT2D eigenvalue weighted by Gasteiger charge is 2.23. The molecule has 1 fully saturated rings. The summed E-state index contributed by atoms with van der Waals surface area (Å²) in [6, 6.07) is 6.19. The molecule has 0 amide bonds. The number of hydrogen-bond donors (Lipinski definition) is 3. The van der Waals surface area contributed by atoms with Crippen molar-refractivity contribution in [2.75, 3.05) is 11.1 Å². The minimum atomic E-state index is 0.325. The molecule has 136 valence electrons. The standard InChI is InChI=1S/C19H25N7/c1-2-12-7-8-22-18(9-12)23-15-10-17(21)25-26-11-16(24-19(15)26)13-3-5-14(20)6-4-13/h7-11,13-14H,2-6,20H2,1H3,(H2,21,25)(H,22,23). The van der Waals surface area contributed by atoms with E-state index in [4.69, 9.17) is 16.5 Å². The van der Waals surface area contributed by atoms with Crippen LogP contribution in [0.2, 0.25) is 0 Å². The van der Waals surface area contributed by atoms with Gasteiger partial charge in [-0.1, -0.05) is 6.92 Å². The van der Waals surface area contributed by atoms with Crippen molar-refractivity contribution in [3.05, 3.63) is 41.9 Å². The molecule has 5 N–H and O–H groups in total. The molecule has 3 aromatic rings. The van der Waals surface area contributed by atoms with Gasteiger partial charge in [-0.05, 0) is 49.8 Å². The van der Waals surface area contributed by atoms with Crippen LogP contribution in [0.1, 0.15) is 49.8 Å². The number of aryl methyl sites for hydroxylation is 1. The van der Waals surface area contributed by atoms with E-state index in [1.54, 1.807) is 4.52 Å². The predicted octanol–water partition coefficient (Wildman–Crippen LogP) is 3.00. The van der Waals surface area contributed by atoms with Crippen molar-refractivity contribution < 1.29 is 0 Å². The van der Waals surface area contributed by atoms with Crippen molar-refractivity contribution in [3.8, 4) is 0 Å². The van der Waals surface area contributed by atoms with Crippen LogP contribution in [0.4, 0.5) is 17.3 Å². The van der Waals surface area contributed by atoms with E-state index in [2.05, 4.69) is 22.3 Å². The van der Waals surface area contributed by atoms with Crippen LogP contribution in [-0.4, -0.2) is 25.6 Å². The number of rotatable bonds is 4. The Morgan fingerprint density at radius 2 is 2.04 bits per heavy atom. The minimum absolute atomic E-state index is 0.325. The van der Waals surface area contributed by atoms with Crippen LogP contribution >= 0.6 is 0 Å². The van der Waals surface area contributed by atoms with E-state index in [1.165, 1.54) is 5.56 Å². The van der Waals surface area contributed by atoms with Crippen LogP contribution in [0, 0.1) is 0 Å². The van der Waals surface area contributed by atoms with E-state index in [0.29, 0.717) is 17.8 Å². The molecule has 0 spiro atoms. The van der Waals surface area contributed by atoms with E-state index >= 15 is 0 Å². The van der Waals surface area contributed by atoms with Gasteiger partial charge in [0, 0.05) is 24.2 Å². The third-order valence-corrected chi connectivity index (χ3v) is 5.15. The van der Waals surface area contributed by atoms with Gasteiger partial charge in [-0.2, -0.15) is 0 Å². The van der Waals surface area contributed by atoms with Crippen LogP contribution in [0.15, 0.2) is 30.6 Å². The number of aromatic nitrogens is 4. The summed E-state index contributed by atoms with van der Waals surface area (Å²) in [5.74, 6) is 1.67. The first-order chi connectivity index (χ1) is 12.6. The van der Waals surface area contributed by atoms with Gasteiger partial charge in [-0.3, -0.25) is 0 Å². The predicted molar refractivity (Wildman–Crippen MR) is 103 cm³/mol. The maximum absolute atomic E-state index is 6.03. The molecule has 26 heavy (non-hydrogen) atoms. The van der Waals surface area contributed by atoms with Crippen LogP contribution in [0.3, 0.4) is 0 Å². The lowest BCUT2D eigenvalue weighted by molar-refractivity contribution is 0.391. The van der Waals surface area contributed by atoms with Crippen LogP contribution < -0.4 is 16.8 Å². The molecule has 0 saturated heterocycles. The molecule has 7 nitrogen and oxygen atoms in total. The third kappa shape index (κ3) is 3.35. The van der Waals surface area contributed by atoms with Gasteiger partial charge < -0.3 is 16.8 Å². The van der Waals surface area contributed by atoms with Crippen molar-refractivity contribution in [3.63, 3.8) is 0 Å². The second-order valence-corrected chi connectivity index (χ2v) is 7.06. The van der Waals surface area contributed by atoms with Crippen LogP contribution in [0.25, 0.3) is 5.65 Å². The summed E-state index contributed by atoms with van der Waals surface area (Å²) in [6.45, 7) is 2.12. The lowest BCUT2D eigenvalue weighted by atomic mass is 9.85. The van der Waals surface area contributed by atoms with Crippen LogP contribution in [-0.2, 0) is 6.42 Å². The molecule has 1 saturated carbocycles. The normalized spacial score (nSPS) is 20.4. The Balaban J connectivity index is 1.67. The van der Waals surface area contributed by atoms with Gasteiger partial charge in [0.1, 0.15) is 11.6 Å². The fourth-order valence-electron chi connectivity index (χ4n) is 3.62. The minimum Gasteiger partial charge on any atom is -0.382 e. The van der Waals surface area contributed by atoms with Crippen molar-refractivity contribution in [1.82, 2.24) is 19.6 Å². The highest BCUT2D eigenvalue weighted by Crippen LogP contribution is 2.33. The van der Waals surface area contributed by atoms with E-state index in [0.717, 1.165) is 55.0 Å². The average molecular weight is 351 g/mol. The topological polar surface area (TPSA) is 107 Å². The van der Waals surface area contributed by atoms with Gasteiger partial charge in [-0.25, -0.2) is 14.5 Å². The number of hydrogen-bond acceptors (Lipinski definition) is 6. The molecule has 0 atom stereocenters. The first-order valence-corrected chi connectivity index (χ1v) is 9.25. The fourth-order valence-corrected chi connectivity index (χ4v) is 3.62. The average Bonchev–Trinajstić information content (AvgIpc) is 3.06. The number of nitrogens with one attached hydrogen (secondary N) is 1. The molecule has 4 rings (SSSR count). The highest BCUT2D eigenvalue weighted by atomic mass is 15.3. The zero-order valence-electron chi connectivity index (χ0n) is 15.0. The number of nitrogens with zero attached hydrogens (tertiary/aromatic N) is 4. The fraction of sp³-hybridized carbons (Fsp3) is 0.421. The summed E-state index contributed by atoms with van der Waals surface area (Å²) in [7, 11) is 0. The molecule has 0 bridgehead atoms. The Labute approximate surface area is 152 Å². The molecule has 0 aliphatic heterocycles. The van der Waals surface area contributed by atoms with Gasteiger partial charge in [0.05, 0.1) is 17.6 Å². The number of anilines is 3. The quantitative estimate of drug-likeness (QED) is 0.667. The Morgan fingerprint density at radius 3 is 2.81 bits per heavy atom. The largest absolute Gasteiger partial charge is 0.382 e. The zero-order valence-corrected chi connectivity index (χ0v) is 15.0. The Morgan fingerprint density at radius 1 is 1.23 bits per heavy atom. The third-order valence-electron chi connectivity index (χ3n) is 5.15. The summed E-state index contributed by atoms with van der Waals surface area (Å²) < 4.78 is 1.77. The maximum Gasteiger partial charge on any atom is 0.177 e. The molecule has 1 aliphatic carbocycles. The lowest BCUT2D eigenvalue weighted by Gasteiger charge is -2.24. The maximum atomic E-state index is 6.03. The van der Waals surface area contributed by atoms with Crippen LogP contribution in [0.5, 0.6) is 0 Å². The molecule has 1 aliphatic rings. The molecule has 0 aromatic carbocycles. The van der Waals surface area contributed by atoms with E-state index in [9.17, 15) is 0 Å². The summed E-state index contributed by atoms with van der Waals surface area (Å²) in [4.78, 5) is 9.26. The highest BCUT2D eigenvalue weighted by molar-refractivity contribution is 5.74. The monoisotopic (exact) mass is 351 g/mol. The summed E-state index contributed by atoms with van der Waals surface area (Å²) in [6.07, 6.45) is 9.01. The summed E-state index contributed by atoms with van der Waals surface area (Å²) in [5, 5.41) is 7.74. The van der Waals surface area contributed by atoms with Gasteiger partial charge in [0.15, 0.2) is 5.65 Å². The lowest BCUT2D eigenvalue weighted by Crippen LogP contribution is -2.25. The number of pyridine rings is 1. The van der Waals surface area contributed by atoms with Gasteiger partial charge in [-0.15, -0.1) is 5.10 Å². The van der Waals surface area contributed by atoms with Gasteiger partial charge >= 0.3 is 0 Å². The molecule has 0 unspecified atom stereocenters. The van der Waals surface area contributed by atoms with Crippen molar-refractivity contribution in [2.45, 2.75) is 51.0 Å².